The molecule has 0 saturated carbocycles. The van der Waals surface area contributed by atoms with E-state index in [2.05, 4.69) is 40.6 Å². The minimum atomic E-state index is -1.24. The summed E-state index contributed by atoms with van der Waals surface area (Å²) in [5, 5.41) is 25.9. The first-order chi connectivity index (χ1) is 23.0. The lowest BCUT2D eigenvalue weighted by molar-refractivity contribution is 0.0687. The Labute approximate surface area is 279 Å². The number of nitrogens with two attached hydrogens (primary N) is 2. The summed E-state index contributed by atoms with van der Waals surface area (Å²) >= 11 is 0. The molecular weight excluding hydrogens is 667 g/mol. The molecule has 8 N–H and O–H groups in total. The highest BCUT2D eigenvalue weighted by molar-refractivity contribution is 5.96. The third kappa shape index (κ3) is 6.76. The van der Waals surface area contributed by atoms with Gasteiger partial charge in [-0.15, -0.1) is 17.5 Å². The number of nitrogen functional groups attached to an aromatic ring is 1. The van der Waals surface area contributed by atoms with Crippen LogP contribution in [0.25, 0.3) is 17.0 Å². The molecule has 1 atom stereocenters. The van der Waals surface area contributed by atoms with E-state index in [1.54, 1.807) is 18.2 Å². The Bertz CT molecular complexity index is 2340. The normalized spacial score (nSPS) is 13.3. The summed E-state index contributed by atoms with van der Waals surface area (Å²) in [6, 6.07) is 10.9. The SMILES string of the molecule is Cl.NCc1ccc(F)c(CNc2c(N)c(=O)c2=O)c1.O=C(N[C@H]1CCc2cc(-c3noc(=O)[nH]3)ccc21)c1cc(C(=O)O)n2nncc2n1. The molecule has 0 fully saturated rings. The van der Waals surface area contributed by atoms with Gasteiger partial charge in [0.15, 0.2) is 17.2 Å². The lowest BCUT2D eigenvalue weighted by atomic mass is 10.0. The molecule has 6 aromatic rings. The van der Waals surface area contributed by atoms with Crippen LogP contribution in [0.5, 0.6) is 0 Å². The monoisotopic (exact) mass is 692 g/mol. The van der Waals surface area contributed by atoms with Crippen LogP contribution in [0.4, 0.5) is 15.8 Å². The lowest BCUT2D eigenvalue weighted by Gasteiger charge is -2.14. The predicted octanol–water partition coefficient (Wildman–Crippen LogP) is 1.08. The second kappa shape index (κ2) is 13.8. The number of hydrogen-bond acceptors (Lipinski definition) is 13. The molecule has 252 valence electrons. The van der Waals surface area contributed by atoms with E-state index >= 15 is 0 Å². The van der Waals surface area contributed by atoms with Gasteiger partial charge in [0.2, 0.25) is 0 Å². The smallest absolute Gasteiger partial charge is 0.439 e. The quantitative estimate of drug-likeness (QED) is 0.122. The van der Waals surface area contributed by atoms with Crippen molar-refractivity contribution in [3.05, 3.63) is 119 Å². The van der Waals surface area contributed by atoms with Crippen LogP contribution in [0.1, 0.15) is 55.7 Å². The molecule has 0 aliphatic heterocycles. The van der Waals surface area contributed by atoms with Gasteiger partial charge in [-0.3, -0.25) is 23.9 Å². The minimum absolute atomic E-state index is 0. The highest BCUT2D eigenvalue weighted by Crippen LogP contribution is 2.33. The zero-order chi connectivity index (χ0) is 34.1. The number of H-pyrrole nitrogens is 1. The Kier molecular flexibility index (Phi) is 9.62. The maximum Gasteiger partial charge on any atom is 0.439 e. The fourth-order valence-electron chi connectivity index (χ4n) is 5.25. The van der Waals surface area contributed by atoms with E-state index in [9.17, 15) is 33.5 Å². The molecule has 3 aromatic carbocycles. The molecule has 1 aliphatic carbocycles. The van der Waals surface area contributed by atoms with Crippen LogP contribution in [0.3, 0.4) is 0 Å². The van der Waals surface area contributed by atoms with Crippen molar-refractivity contribution in [3.63, 3.8) is 0 Å². The van der Waals surface area contributed by atoms with Gasteiger partial charge in [0.05, 0.1) is 12.2 Å². The summed E-state index contributed by atoms with van der Waals surface area (Å²) in [6.07, 6.45) is 2.67. The van der Waals surface area contributed by atoms with E-state index in [0.29, 0.717) is 29.9 Å². The van der Waals surface area contributed by atoms with Crippen molar-refractivity contribution in [3.8, 4) is 11.4 Å². The second-order valence-corrected chi connectivity index (χ2v) is 10.7. The van der Waals surface area contributed by atoms with E-state index in [1.807, 2.05) is 12.1 Å². The fraction of sp³-hybridized carbons (Fsp3) is 0.167. The van der Waals surface area contributed by atoms with Crippen LogP contribution in [-0.4, -0.2) is 46.9 Å². The molecular formula is C30H26ClFN10O7. The molecule has 0 radical (unpaired) electrons. The van der Waals surface area contributed by atoms with Gasteiger partial charge in [0, 0.05) is 30.3 Å². The number of halogens is 2. The van der Waals surface area contributed by atoms with E-state index < -0.39 is 34.3 Å². The molecule has 0 saturated heterocycles. The molecule has 1 amide bonds. The number of hydrogen-bond donors (Lipinski definition) is 6. The molecule has 3 heterocycles. The van der Waals surface area contributed by atoms with E-state index in [1.165, 1.54) is 18.3 Å². The zero-order valence-electron chi connectivity index (χ0n) is 25.1. The maximum absolute atomic E-state index is 13.5. The number of carbonyl (C=O) groups excluding carboxylic acids is 1. The third-order valence-corrected chi connectivity index (χ3v) is 7.71. The first-order valence-corrected chi connectivity index (χ1v) is 14.3. The summed E-state index contributed by atoms with van der Waals surface area (Å²) < 4.78 is 19.1. The number of aromatic amines is 1. The molecule has 0 bridgehead atoms. The number of carboxylic acids is 1. The zero-order valence-corrected chi connectivity index (χ0v) is 25.9. The average Bonchev–Trinajstić information content (AvgIpc) is 3.85. The Balaban J connectivity index is 0.000000212. The van der Waals surface area contributed by atoms with Gasteiger partial charge in [-0.1, -0.05) is 28.6 Å². The standard InChI is InChI=1S/C18H13N7O5.C12H12FN3O2.ClH/c26-16(12-6-13(17(27)28)25-14(20-12)7-19-24-25)21-11-4-2-8-5-9(1-3-10(8)11)15-22-18(29)30-23-15;13-8-2-1-6(4-14)3-7(8)5-16-10-9(15)11(17)12(10)18;/h1,3,5-7,11H,2,4H2,(H,21,26)(H,27,28)(H,22,23,29);1-3,16H,4-5,14-15H2;1H/t11-;;/m0../s1. The van der Waals surface area contributed by atoms with Crippen molar-refractivity contribution in [2.24, 2.45) is 5.73 Å². The van der Waals surface area contributed by atoms with E-state index in [4.69, 9.17) is 11.5 Å². The van der Waals surface area contributed by atoms with Crippen molar-refractivity contribution >= 4 is 41.3 Å². The molecule has 49 heavy (non-hydrogen) atoms. The average molecular weight is 693 g/mol. The number of aromatic nitrogens is 6. The number of amides is 1. The number of benzene rings is 2. The number of rotatable bonds is 8. The number of carboxylic acid groups (broad SMARTS) is 1. The van der Waals surface area contributed by atoms with Crippen LogP contribution >= 0.6 is 12.4 Å². The van der Waals surface area contributed by atoms with Crippen LogP contribution < -0.4 is 38.7 Å². The Hall–Kier alpha value is -6.27. The molecule has 1 aliphatic rings. The van der Waals surface area contributed by atoms with E-state index in [-0.39, 0.29) is 53.4 Å². The molecule has 7 rings (SSSR count). The molecule has 17 nitrogen and oxygen atoms in total. The van der Waals surface area contributed by atoms with Crippen molar-refractivity contribution in [2.45, 2.75) is 32.0 Å². The van der Waals surface area contributed by atoms with Gasteiger partial charge in [-0.05, 0) is 47.7 Å². The summed E-state index contributed by atoms with van der Waals surface area (Å²) in [4.78, 5) is 64.1. The highest BCUT2D eigenvalue weighted by atomic mass is 35.5. The summed E-state index contributed by atoms with van der Waals surface area (Å²) in [5.41, 5.74) is 13.1. The van der Waals surface area contributed by atoms with Gasteiger partial charge in [0.25, 0.3) is 16.8 Å². The van der Waals surface area contributed by atoms with Crippen molar-refractivity contribution in [1.82, 2.24) is 35.3 Å². The van der Waals surface area contributed by atoms with Crippen LogP contribution in [-0.2, 0) is 19.5 Å². The predicted molar refractivity (Wildman–Crippen MR) is 173 cm³/mol. The molecule has 0 spiro atoms. The fourth-order valence-corrected chi connectivity index (χ4v) is 5.25. The maximum atomic E-state index is 13.5. The summed E-state index contributed by atoms with van der Waals surface area (Å²) in [7, 11) is 0. The first-order valence-electron chi connectivity index (χ1n) is 14.3. The van der Waals surface area contributed by atoms with Crippen molar-refractivity contribution < 1.29 is 23.6 Å². The van der Waals surface area contributed by atoms with Gasteiger partial charge >= 0.3 is 11.7 Å². The van der Waals surface area contributed by atoms with Crippen molar-refractivity contribution in [2.75, 3.05) is 11.1 Å². The van der Waals surface area contributed by atoms with Crippen LogP contribution in [0.15, 0.2) is 67.6 Å². The number of fused-ring (bicyclic) bond motifs is 2. The Morgan fingerprint density at radius 1 is 1.12 bits per heavy atom. The summed E-state index contributed by atoms with van der Waals surface area (Å²) in [6.45, 7) is 0.379. The van der Waals surface area contributed by atoms with E-state index in [0.717, 1.165) is 27.6 Å². The van der Waals surface area contributed by atoms with Gasteiger partial charge in [0.1, 0.15) is 22.9 Å². The van der Waals surface area contributed by atoms with Gasteiger partial charge in [-0.2, -0.15) is 4.52 Å². The number of anilines is 2. The highest BCUT2D eigenvalue weighted by Gasteiger charge is 2.27. The van der Waals surface area contributed by atoms with Gasteiger partial charge in [-0.25, -0.2) is 19.0 Å². The van der Waals surface area contributed by atoms with Crippen LogP contribution in [0, 0.1) is 5.82 Å². The number of nitrogens with zero attached hydrogens (tertiary/aromatic N) is 5. The first kappa shape index (κ1) is 34.1. The van der Waals surface area contributed by atoms with Crippen LogP contribution in [0.2, 0.25) is 0 Å². The van der Waals surface area contributed by atoms with Gasteiger partial charge < -0.3 is 27.2 Å². The number of aryl methyl sites for hydroxylation is 1. The Morgan fingerprint density at radius 2 is 1.92 bits per heavy atom. The third-order valence-electron chi connectivity index (χ3n) is 7.71. The minimum Gasteiger partial charge on any atom is -0.477 e. The Morgan fingerprint density at radius 3 is 2.61 bits per heavy atom. The second-order valence-electron chi connectivity index (χ2n) is 10.7. The summed E-state index contributed by atoms with van der Waals surface area (Å²) in [5.74, 6) is -2.44. The number of nitrogens with one attached hydrogen (secondary N) is 3. The number of carbonyl (C=O) groups is 2. The number of aromatic carboxylic acids is 1. The topological polar surface area (TPSA) is 267 Å². The largest absolute Gasteiger partial charge is 0.477 e. The lowest BCUT2D eigenvalue weighted by Crippen LogP contribution is -2.37. The molecule has 3 aromatic heterocycles. The molecule has 19 heteroatoms. The van der Waals surface area contributed by atoms with Crippen molar-refractivity contribution in [1.29, 1.82) is 0 Å². The molecule has 0 unspecified atom stereocenters.